The van der Waals surface area contributed by atoms with E-state index in [1.807, 2.05) is 18.2 Å². The van der Waals surface area contributed by atoms with E-state index in [1.165, 1.54) is 5.56 Å². The van der Waals surface area contributed by atoms with Gasteiger partial charge in [0.25, 0.3) is 0 Å². The van der Waals surface area contributed by atoms with Crippen LogP contribution in [-0.4, -0.2) is 10.8 Å². The van der Waals surface area contributed by atoms with Crippen LogP contribution >= 0.6 is 0 Å². The Hall–Kier alpha value is -2.40. The quantitative estimate of drug-likeness (QED) is 0.746. The maximum Gasteiger partial charge on any atom is 0.164 e. The predicted octanol–water partition coefficient (Wildman–Crippen LogP) is 3.87. The molecule has 3 rings (SSSR count). The van der Waals surface area contributed by atoms with Crippen LogP contribution in [0.5, 0.6) is 0 Å². The van der Waals surface area contributed by atoms with Gasteiger partial charge in [0.2, 0.25) is 0 Å². The summed E-state index contributed by atoms with van der Waals surface area (Å²) in [7, 11) is 0. The molecule has 0 spiro atoms. The van der Waals surface area contributed by atoms with Crippen molar-refractivity contribution in [3.05, 3.63) is 64.0 Å². The molecule has 22 heavy (non-hydrogen) atoms. The largest absolute Gasteiger partial charge is 0.294 e. The zero-order valence-electron chi connectivity index (χ0n) is 13.1. The Morgan fingerprint density at radius 2 is 2.05 bits per heavy atom. The van der Waals surface area contributed by atoms with Gasteiger partial charge in [0.05, 0.1) is 5.69 Å². The van der Waals surface area contributed by atoms with Crippen LogP contribution in [0.2, 0.25) is 0 Å². The SMILES string of the molecule is CCc1cc2c(nc1C#Cc1cccc(C)c1)CCCC2=O. The highest BCUT2D eigenvalue weighted by atomic mass is 16.1. The minimum Gasteiger partial charge on any atom is -0.294 e. The van der Waals surface area contributed by atoms with Crippen molar-refractivity contribution in [2.45, 2.75) is 39.5 Å². The van der Waals surface area contributed by atoms with E-state index in [1.54, 1.807) is 0 Å². The van der Waals surface area contributed by atoms with Gasteiger partial charge in [0, 0.05) is 17.5 Å². The molecular weight excluding hydrogens is 270 g/mol. The summed E-state index contributed by atoms with van der Waals surface area (Å²) in [6.45, 7) is 4.14. The summed E-state index contributed by atoms with van der Waals surface area (Å²) < 4.78 is 0. The normalized spacial score (nSPS) is 13.3. The molecule has 0 aliphatic heterocycles. The molecule has 2 nitrogen and oxygen atoms in total. The van der Waals surface area contributed by atoms with Crippen molar-refractivity contribution < 1.29 is 4.79 Å². The van der Waals surface area contributed by atoms with Gasteiger partial charge in [-0.05, 0) is 61.4 Å². The van der Waals surface area contributed by atoms with Crippen LogP contribution in [0.25, 0.3) is 0 Å². The molecule has 1 aliphatic carbocycles. The molecule has 0 radical (unpaired) electrons. The summed E-state index contributed by atoms with van der Waals surface area (Å²) in [5.74, 6) is 6.62. The number of Topliss-reactive ketones (excluding diaryl/α,β-unsaturated/α-hetero) is 1. The van der Waals surface area contributed by atoms with Crippen molar-refractivity contribution in [2.24, 2.45) is 0 Å². The third kappa shape index (κ3) is 2.94. The Balaban J connectivity index is 2.02. The van der Waals surface area contributed by atoms with Crippen LogP contribution in [0.15, 0.2) is 30.3 Å². The molecule has 0 unspecified atom stereocenters. The molecule has 0 saturated carbocycles. The van der Waals surface area contributed by atoms with Gasteiger partial charge in [-0.25, -0.2) is 4.98 Å². The molecule has 1 aromatic carbocycles. The fourth-order valence-electron chi connectivity index (χ4n) is 2.81. The van der Waals surface area contributed by atoms with E-state index in [0.717, 1.165) is 47.3 Å². The molecular formula is C20H19NO. The summed E-state index contributed by atoms with van der Waals surface area (Å²) in [6, 6.07) is 10.2. The zero-order valence-corrected chi connectivity index (χ0v) is 13.1. The van der Waals surface area contributed by atoms with Crippen molar-refractivity contribution in [1.82, 2.24) is 4.98 Å². The van der Waals surface area contributed by atoms with E-state index < -0.39 is 0 Å². The Bertz CT molecular complexity index is 793. The lowest BCUT2D eigenvalue weighted by atomic mass is 9.92. The molecule has 1 aromatic heterocycles. The lowest BCUT2D eigenvalue weighted by molar-refractivity contribution is 0.0971. The molecule has 0 bridgehead atoms. The summed E-state index contributed by atoms with van der Waals surface area (Å²) in [5.41, 5.74) is 5.81. The van der Waals surface area contributed by atoms with Gasteiger partial charge < -0.3 is 0 Å². The summed E-state index contributed by atoms with van der Waals surface area (Å²) in [5, 5.41) is 0. The monoisotopic (exact) mass is 289 g/mol. The average Bonchev–Trinajstić information content (AvgIpc) is 2.52. The fraction of sp³-hybridized carbons (Fsp3) is 0.300. The molecule has 1 aliphatic rings. The van der Waals surface area contributed by atoms with E-state index in [2.05, 4.69) is 42.8 Å². The number of ketones is 1. The number of aromatic nitrogens is 1. The minimum atomic E-state index is 0.224. The molecule has 0 fully saturated rings. The number of aryl methyl sites for hydroxylation is 3. The maximum absolute atomic E-state index is 12.0. The second-order valence-corrected chi connectivity index (χ2v) is 5.74. The van der Waals surface area contributed by atoms with E-state index in [9.17, 15) is 4.79 Å². The van der Waals surface area contributed by atoms with E-state index in [-0.39, 0.29) is 5.78 Å². The number of carbonyl (C=O) groups is 1. The third-order valence-electron chi connectivity index (χ3n) is 4.02. The number of benzene rings is 1. The summed E-state index contributed by atoms with van der Waals surface area (Å²) in [6.07, 6.45) is 3.26. The van der Waals surface area contributed by atoms with Crippen LogP contribution in [0.1, 0.15) is 58.2 Å². The number of nitrogens with zero attached hydrogens (tertiary/aromatic N) is 1. The Morgan fingerprint density at radius 3 is 2.82 bits per heavy atom. The Morgan fingerprint density at radius 1 is 1.18 bits per heavy atom. The molecule has 0 saturated heterocycles. The van der Waals surface area contributed by atoms with Crippen molar-refractivity contribution in [3.63, 3.8) is 0 Å². The van der Waals surface area contributed by atoms with Crippen molar-refractivity contribution >= 4 is 5.78 Å². The number of pyridine rings is 1. The predicted molar refractivity (Wildman–Crippen MR) is 88.0 cm³/mol. The van der Waals surface area contributed by atoms with E-state index in [4.69, 9.17) is 0 Å². The van der Waals surface area contributed by atoms with Crippen molar-refractivity contribution in [2.75, 3.05) is 0 Å². The van der Waals surface area contributed by atoms with Crippen molar-refractivity contribution in [3.8, 4) is 11.8 Å². The second kappa shape index (κ2) is 6.15. The minimum absolute atomic E-state index is 0.224. The molecule has 1 heterocycles. The first-order valence-electron chi connectivity index (χ1n) is 7.82. The first kappa shape index (κ1) is 14.5. The number of fused-ring (bicyclic) bond motifs is 1. The topological polar surface area (TPSA) is 30.0 Å². The maximum atomic E-state index is 12.0. The highest BCUT2D eigenvalue weighted by molar-refractivity contribution is 5.98. The second-order valence-electron chi connectivity index (χ2n) is 5.74. The van der Waals surface area contributed by atoms with Gasteiger partial charge in [-0.1, -0.05) is 25.0 Å². The standard InChI is InChI=1S/C20H19NO/c1-3-16-13-17-19(8-5-9-20(17)22)21-18(16)11-10-15-7-4-6-14(2)12-15/h4,6-7,12-13H,3,5,8-9H2,1-2H3. The Kier molecular flexibility index (Phi) is 4.06. The van der Waals surface area contributed by atoms with E-state index >= 15 is 0 Å². The Labute approximate surface area is 131 Å². The fourth-order valence-corrected chi connectivity index (χ4v) is 2.81. The van der Waals surface area contributed by atoms with Crippen LogP contribution in [0, 0.1) is 18.8 Å². The van der Waals surface area contributed by atoms with Crippen molar-refractivity contribution in [1.29, 1.82) is 0 Å². The van der Waals surface area contributed by atoms with Crippen LogP contribution in [0.3, 0.4) is 0 Å². The smallest absolute Gasteiger partial charge is 0.164 e. The van der Waals surface area contributed by atoms with Crippen LogP contribution in [0.4, 0.5) is 0 Å². The summed E-state index contributed by atoms with van der Waals surface area (Å²) in [4.78, 5) is 16.7. The average molecular weight is 289 g/mol. The van der Waals surface area contributed by atoms with Gasteiger partial charge in [0.15, 0.2) is 5.78 Å². The van der Waals surface area contributed by atoms with Gasteiger partial charge in [-0.15, -0.1) is 0 Å². The molecule has 0 atom stereocenters. The number of hydrogen-bond donors (Lipinski definition) is 0. The van der Waals surface area contributed by atoms with Gasteiger partial charge in [-0.2, -0.15) is 0 Å². The third-order valence-corrected chi connectivity index (χ3v) is 4.02. The number of rotatable bonds is 1. The number of hydrogen-bond acceptors (Lipinski definition) is 2. The highest BCUT2D eigenvalue weighted by Gasteiger charge is 2.20. The van der Waals surface area contributed by atoms with Gasteiger partial charge in [0.1, 0.15) is 5.69 Å². The molecule has 2 aromatic rings. The van der Waals surface area contributed by atoms with Gasteiger partial charge in [-0.3, -0.25) is 4.79 Å². The highest BCUT2D eigenvalue weighted by Crippen LogP contribution is 2.22. The number of carbonyl (C=O) groups excluding carboxylic acids is 1. The molecule has 2 heteroatoms. The molecule has 0 N–H and O–H groups in total. The molecule has 0 amide bonds. The van der Waals surface area contributed by atoms with Crippen LogP contribution < -0.4 is 0 Å². The lowest BCUT2D eigenvalue weighted by Crippen LogP contribution is -2.14. The summed E-state index contributed by atoms with van der Waals surface area (Å²) >= 11 is 0. The van der Waals surface area contributed by atoms with Crippen LogP contribution in [-0.2, 0) is 12.8 Å². The molecule has 110 valence electrons. The van der Waals surface area contributed by atoms with E-state index in [0.29, 0.717) is 6.42 Å². The zero-order chi connectivity index (χ0) is 15.5. The first-order valence-corrected chi connectivity index (χ1v) is 7.82. The lowest BCUT2D eigenvalue weighted by Gasteiger charge is -2.15. The van der Waals surface area contributed by atoms with Gasteiger partial charge >= 0.3 is 0 Å². The first-order chi connectivity index (χ1) is 10.7.